The lowest BCUT2D eigenvalue weighted by Crippen LogP contribution is -2.31. The standard InChI is InChI=1S/C10H9ClF3N3O4/c11-5-2-1-4(3-6(5)21-10(12,13)14)20-8(15)7(17-16)9(18)19/h1-3,17H,15-16H2,(H,18,19)/b8-7+. The van der Waals surface area contributed by atoms with Crippen LogP contribution in [0, 0.1) is 0 Å². The molecule has 1 rings (SSSR count). The minimum atomic E-state index is -4.95. The number of aliphatic carboxylic acids is 1. The lowest BCUT2D eigenvalue weighted by atomic mass is 10.3. The van der Waals surface area contributed by atoms with Gasteiger partial charge in [-0.1, -0.05) is 11.6 Å². The summed E-state index contributed by atoms with van der Waals surface area (Å²) < 4.78 is 45.0. The van der Waals surface area contributed by atoms with E-state index in [4.69, 9.17) is 33.0 Å². The van der Waals surface area contributed by atoms with Gasteiger partial charge in [0, 0.05) is 6.07 Å². The number of ether oxygens (including phenoxy) is 2. The Morgan fingerprint density at radius 1 is 1.38 bits per heavy atom. The largest absolute Gasteiger partial charge is 0.573 e. The molecule has 0 bridgehead atoms. The van der Waals surface area contributed by atoms with Gasteiger partial charge in [-0.05, 0) is 12.1 Å². The van der Waals surface area contributed by atoms with Crippen LogP contribution in [-0.2, 0) is 4.79 Å². The molecule has 0 aliphatic rings. The highest BCUT2D eigenvalue weighted by atomic mass is 35.5. The molecule has 0 aromatic heterocycles. The number of nitrogens with two attached hydrogens (primary N) is 2. The number of carboxylic acids is 1. The van der Waals surface area contributed by atoms with Gasteiger partial charge in [0.05, 0.1) is 5.02 Å². The number of hydrazine groups is 1. The summed E-state index contributed by atoms with van der Waals surface area (Å²) in [5.41, 5.74) is 6.42. The third-order valence-corrected chi connectivity index (χ3v) is 2.27. The Morgan fingerprint density at radius 3 is 2.48 bits per heavy atom. The van der Waals surface area contributed by atoms with E-state index < -0.39 is 29.7 Å². The van der Waals surface area contributed by atoms with E-state index in [9.17, 15) is 18.0 Å². The van der Waals surface area contributed by atoms with Crippen LogP contribution in [0.3, 0.4) is 0 Å². The average molecular weight is 328 g/mol. The van der Waals surface area contributed by atoms with Crippen molar-refractivity contribution in [1.82, 2.24) is 5.43 Å². The minimum absolute atomic E-state index is 0.231. The number of rotatable bonds is 5. The van der Waals surface area contributed by atoms with E-state index in [1.54, 1.807) is 5.43 Å². The first-order valence-electron chi connectivity index (χ1n) is 5.07. The highest BCUT2D eigenvalue weighted by Gasteiger charge is 2.32. The second-order valence-electron chi connectivity index (χ2n) is 3.43. The molecule has 1 aromatic carbocycles. The van der Waals surface area contributed by atoms with Crippen molar-refractivity contribution in [1.29, 1.82) is 0 Å². The Morgan fingerprint density at radius 2 is 2.00 bits per heavy atom. The monoisotopic (exact) mass is 327 g/mol. The average Bonchev–Trinajstić information content (AvgIpc) is 2.32. The maximum Gasteiger partial charge on any atom is 0.573 e. The predicted octanol–water partition coefficient (Wildman–Crippen LogP) is 1.29. The van der Waals surface area contributed by atoms with Crippen molar-refractivity contribution in [2.24, 2.45) is 11.6 Å². The summed E-state index contributed by atoms with van der Waals surface area (Å²) in [5.74, 6) is 1.78. The Hall–Kier alpha value is -2.33. The van der Waals surface area contributed by atoms with Crippen molar-refractivity contribution in [3.05, 3.63) is 34.8 Å². The first kappa shape index (κ1) is 16.7. The van der Waals surface area contributed by atoms with Crippen LogP contribution in [-0.4, -0.2) is 17.4 Å². The van der Waals surface area contributed by atoms with E-state index in [0.29, 0.717) is 0 Å². The molecule has 0 aliphatic carbocycles. The molecule has 0 fully saturated rings. The Bertz CT molecular complexity index is 577. The van der Waals surface area contributed by atoms with Gasteiger partial charge in [0.15, 0.2) is 11.4 Å². The summed E-state index contributed by atoms with van der Waals surface area (Å²) in [4.78, 5) is 10.7. The topological polar surface area (TPSA) is 120 Å². The normalized spacial score (nSPS) is 12.4. The number of carboxylic acid groups (broad SMARTS) is 1. The maximum absolute atomic E-state index is 12.1. The quantitative estimate of drug-likeness (QED) is 0.278. The molecule has 0 atom stereocenters. The Labute approximate surface area is 120 Å². The summed E-state index contributed by atoms with van der Waals surface area (Å²) in [6, 6.07) is 3.01. The molecular formula is C10H9ClF3N3O4. The van der Waals surface area contributed by atoms with Crippen molar-refractivity contribution < 1.29 is 32.5 Å². The zero-order chi connectivity index (χ0) is 16.2. The van der Waals surface area contributed by atoms with E-state index in [2.05, 4.69) is 4.74 Å². The number of carbonyl (C=O) groups is 1. The number of nitrogens with one attached hydrogen (secondary N) is 1. The van der Waals surface area contributed by atoms with Gasteiger partial charge in [0.25, 0.3) is 0 Å². The molecule has 0 unspecified atom stereocenters. The van der Waals surface area contributed by atoms with Crippen molar-refractivity contribution in [2.75, 3.05) is 0 Å². The highest BCUT2D eigenvalue weighted by Crippen LogP contribution is 2.33. The summed E-state index contributed by atoms with van der Waals surface area (Å²) >= 11 is 5.53. The molecule has 0 amide bonds. The first-order chi connectivity index (χ1) is 9.64. The molecule has 11 heteroatoms. The van der Waals surface area contributed by atoms with Gasteiger partial charge in [-0.3, -0.25) is 5.84 Å². The molecule has 21 heavy (non-hydrogen) atoms. The van der Waals surface area contributed by atoms with Crippen LogP contribution < -0.4 is 26.5 Å². The molecule has 0 saturated heterocycles. The van der Waals surface area contributed by atoms with Crippen molar-refractivity contribution in [2.45, 2.75) is 6.36 Å². The molecular weight excluding hydrogens is 319 g/mol. The molecule has 6 N–H and O–H groups in total. The third-order valence-electron chi connectivity index (χ3n) is 1.96. The van der Waals surface area contributed by atoms with Gasteiger partial charge >= 0.3 is 12.3 Å². The second kappa shape index (κ2) is 6.41. The first-order valence-corrected chi connectivity index (χ1v) is 5.44. The van der Waals surface area contributed by atoms with E-state index in [-0.39, 0.29) is 10.8 Å². The number of alkyl halides is 3. The summed E-state index contributed by atoms with van der Waals surface area (Å²) in [6.45, 7) is 0. The van der Waals surface area contributed by atoms with Crippen molar-refractivity contribution in [3.63, 3.8) is 0 Å². The van der Waals surface area contributed by atoms with Gasteiger partial charge in [0.2, 0.25) is 5.88 Å². The van der Waals surface area contributed by atoms with Crippen LogP contribution in [0.25, 0.3) is 0 Å². The van der Waals surface area contributed by atoms with Gasteiger partial charge in [-0.2, -0.15) is 0 Å². The number of hydrogen-bond acceptors (Lipinski definition) is 6. The molecule has 1 aromatic rings. The fourth-order valence-electron chi connectivity index (χ4n) is 1.17. The summed E-state index contributed by atoms with van der Waals surface area (Å²) in [5, 5.41) is 8.40. The van der Waals surface area contributed by atoms with Gasteiger partial charge < -0.3 is 25.7 Å². The molecule has 0 heterocycles. The zero-order valence-corrected chi connectivity index (χ0v) is 10.8. The Balaban J connectivity index is 3.05. The van der Waals surface area contributed by atoms with Gasteiger partial charge in [-0.25, -0.2) is 4.79 Å². The second-order valence-corrected chi connectivity index (χ2v) is 3.84. The van der Waals surface area contributed by atoms with E-state index >= 15 is 0 Å². The van der Waals surface area contributed by atoms with Crippen molar-refractivity contribution in [3.8, 4) is 11.5 Å². The third kappa shape index (κ3) is 4.93. The van der Waals surface area contributed by atoms with Crippen LogP contribution in [0.5, 0.6) is 11.5 Å². The van der Waals surface area contributed by atoms with Gasteiger partial charge in [-0.15, -0.1) is 13.2 Å². The van der Waals surface area contributed by atoms with Crippen LogP contribution in [0.4, 0.5) is 13.2 Å². The SMILES string of the molecule is NN/C(C(=O)O)=C(\N)Oc1ccc(Cl)c(OC(F)(F)F)c1. The predicted molar refractivity (Wildman–Crippen MR) is 64.9 cm³/mol. The molecule has 0 saturated carbocycles. The van der Waals surface area contributed by atoms with E-state index in [1.807, 2.05) is 0 Å². The Kier molecular flexibility index (Phi) is 5.11. The number of benzene rings is 1. The van der Waals surface area contributed by atoms with E-state index in [1.165, 1.54) is 0 Å². The van der Waals surface area contributed by atoms with Crippen LogP contribution in [0.2, 0.25) is 5.02 Å². The highest BCUT2D eigenvalue weighted by molar-refractivity contribution is 6.32. The molecule has 0 aliphatic heterocycles. The lowest BCUT2D eigenvalue weighted by molar-refractivity contribution is -0.274. The lowest BCUT2D eigenvalue weighted by Gasteiger charge is -2.13. The fraction of sp³-hybridized carbons (Fsp3) is 0.100. The van der Waals surface area contributed by atoms with Crippen LogP contribution >= 0.6 is 11.6 Å². The molecule has 7 nitrogen and oxygen atoms in total. The molecule has 116 valence electrons. The fourth-order valence-corrected chi connectivity index (χ4v) is 1.32. The smallest absolute Gasteiger partial charge is 0.476 e. The van der Waals surface area contributed by atoms with Gasteiger partial charge in [0.1, 0.15) is 5.75 Å². The van der Waals surface area contributed by atoms with Crippen LogP contribution in [0.1, 0.15) is 0 Å². The molecule has 0 spiro atoms. The van der Waals surface area contributed by atoms with Crippen LogP contribution in [0.15, 0.2) is 29.8 Å². The number of halogens is 4. The number of hydrogen-bond donors (Lipinski definition) is 4. The molecule has 0 radical (unpaired) electrons. The van der Waals surface area contributed by atoms with E-state index in [0.717, 1.165) is 18.2 Å². The maximum atomic E-state index is 12.1. The zero-order valence-electron chi connectivity index (χ0n) is 10.1. The minimum Gasteiger partial charge on any atom is -0.476 e. The summed E-state index contributed by atoms with van der Waals surface area (Å²) in [7, 11) is 0. The van der Waals surface area contributed by atoms with Crippen molar-refractivity contribution >= 4 is 17.6 Å². The summed E-state index contributed by atoms with van der Waals surface area (Å²) in [6.07, 6.45) is -4.95.